The Morgan fingerprint density at radius 3 is 2.67 bits per heavy atom. The van der Waals surface area contributed by atoms with Crippen LogP contribution >= 0.6 is 22.9 Å². The van der Waals surface area contributed by atoms with Gasteiger partial charge in [-0.2, -0.15) is 0 Å². The summed E-state index contributed by atoms with van der Waals surface area (Å²) < 4.78 is 28.7. The van der Waals surface area contributed by atoms with Crippen LogP contribution < -0.4 is 4.72 Å². The minimum Gasteiger partial charge on any atom is -0.289 e. The largest absolute Gasteiger partial charge is 0.289 e. The second-order valence-corrected chi connectivity index (χ2v) is 9.65. The molecule has 0 amide bonds. The highest BCUT2D eigenvalue weighted by Crippen LogP contribution is 2.33. The molecule has 3 rings (SSSR count). The van der Waals surface area contributed by atoms with Gasteiger partial charge in [0.2, 0.25) is 10.0 Å². The highest BCUT2D eigenvalue weighted by molar-refractivity contribution is 7.89. The lowest BCUT2D eigenvalue weighted by Gasteiger charge is -2.10. The zero-order chi connectivity index (χ0) is 19.6. The van der Waals surface area contributed by atoms with Gasteiger partial charge in [0, 0.05) is 32.6 Å². The minimum atomic E-state index is -3.77. The van der Waals surface area contributed by atoms with Gasteiger partial charge in [-0.1, -0.05) is 43.1 Å². The summed E-state index contributed by atoms with van der Waals surface area (Å²) in [5.74, 6) is -0.202. The first kappa shape index (κ1) is 20.0. The molecule has 0 bridgehead atoms. The number of ketones is 1. The van der Waals surface area contributed by atoms with E-state index in [9.17, 15) is 13.2 Å². The quantitative estimate of drug-likeness (QED) is 0.422. The minimum absolute atomic E-state index is 0.0664. The van der Waals surface area contributed by atoms with Gasteiger partial charge in [-0.3, -0.25) is 4.79 Å². The fraction of sp³-hybridized carbons (Fsp3) is 0.250. The molecule has 0 aliphatic heterocycles. The molecule has 0 radical (unpaired) electrons. The molecule has 1 N–H and O–H groups in total. The van der Waals surface area contributed by atoms with Crippen molar-refractivity contribution >= 4 is 48.8 Å². The third-order valence-electron chi connectivity index (χ3n) is 4.30. The van der Waals surface area contributed by atoms with Gasteiger partial charge >= 0.3 is 0 Å². The number of nitrogens with one attached hydrogen (secondary N) is 1. The number of aryl methyl sites for hydroxylation is 1. The van der Waals surface area contributed by atoms with Crippen LogP contribution in [0, 0.1) is 6.92 Å². The van der Waals surface area contributed by atoms with E-state index < -0.39 is 10.0 Å². The first-order valence-electron chi connectivity index (χ1n) is 8.67. The fourth-order valence-electron chi connectivity index (χ4n) is 2.91. The van der Waals surface area contributed by atoms with Crippen molar-refractivity contribution in [2.45, 2.75) is 31.6 Å². The van der Waals surface area contributed by atoms with E-state index in [4.69, 9.17) is 11.6 Å². The monoisotopic (exact) mass is 421 g/mol. The van der Waals surface area contributed by atoms with Crippen molar-refractivity contribution in [3.63, 3.8) is 0 Å². The first-order valence-corrected chi connectivity index (χ1v) is 11.3. The summed E-state index contributed by atoms with van der Waals surface area (Å²) in [4.78, 5) is 14.0. The average molecular weight is 422 g/mol. The van der Waals surface area contributed by atoms with E-state index in [1.165, 1.54) is 12.1 Å². The maximum Gasteiger partial charge on any atom is 0.242 e. The predicted molar refractivity (Wildman–Crippen MR) is 112 cm³/mol. The molecule has 0 saturated heterocycles. The molecular formula is C20H20ClNO3S2. The Labute approximate surface area is 168 Å². The smallest absolute Gasteiger partial charge is 0.242 e. The Morgan fingerprint density at radius 2 is 1.93 bits per heavy atom. The molecule has 1 aromatic heterocycles. The van der Waals surface area contributed by atoms with E-state index in [1.807, 2.05) is 38.1 Å². The number of carbonyl (C=O) groups excluding carboxylic acids is 1. The molecule has 0 atom stereocenters. The number of hydrogen-bond acceptors (Lipinski definition) is 4. The van der Waals surface area contributed by atoms with Crippen molar-refractivity contribution in [3.8, 4) is 0 Å². The van der Waals surface area contributed by atoms with E-state index in [0.717, 1.165) is 27.8 Å². The summed E-state index contributed by atoms with van der Waals surface area (Å²) in [5, 5.41) is 0.980. The predicted octanol–water partition coefficient (Wildman–Crippen LogP) is 5.17. The van der Waals surface area contributed by atoms with E-state index in [-0.39, 0.29) is 15.7 Å². The molecule has 0 saturated carbocycles. The molecule has 142 valence electrons. The van der Waals surface area contributed by atoms with Gasteiger partial charge in [-0.25, -0.2) is 13.1 Å². The Morgan fingerprint density at radius 1 is 1.19 bits per heavy atom. The molecule has 27 heavy (non-hydrogen) atoms. The lowest BCUT2D eigenvalue weighted by atomic mass is 10.0. The van der Waals surface area contributed by atoms with Gasteiger partial charge in [0.25, 0.3) is 0 Å². The molecule has 1 heterocycles. The Balaban J connectivity index is 2.03. The zero-order valence-corrected chi connectivity index (χ0v) is 17.5. The van der Waals surface area contributed by atoms with Gasteiger partial charge in [0.1, 0.15) is 4.90 Å². The molecule has 2 aromatic carbocycles. The standard InChI is InChI=1S/C20H20ClNO3S2/c1-3-4-11-22-27(24,25)18-12-14(9-10-16(18)21)20(23)19-13(2)26-17-8-6-5-7-15(17)19/h5-10,12,22H,3-4,11H2,1-2H3. The van der Waals surface area contributed by atoms with E-state index in [0.29, 0.717) is 17.7 Å². The summed E-state index contributed by atoms with van der Waals surface area (Å²) in [6.45, 7) is 4.22. The molecular weight excluding hydrogens is 402 g/mol. The molecule has 3 aromatic rings. The highest BCUT2D eigenvalue weighted by atomic mass is 35.5. The van der Waals surface area contributed by atoms with Crippen LogP contribution in [0.4, 0.5) is 0 Å². The third-order valence-corrected chi connectivity index (χ3v) is 7.33. The number of unbranched alkanes of at least 4 members (excludes halogenated alkanes) is 1. The second-order valence-electron chi connectivity index (χ2n) is 6.26. The molecule has 0 aliphatic carbocycles. The van der Waals surface area contributed by atoms with Gasteiger partial charge in [0.05, 0.1) is 5.02 Å². The van der Waals surface area contributed by atoms with Crippen LogP contribution in [0.1, 0.15) is 40.6 Å². The Hall–Kier alpha value is -1.73. The van der Waals surface area contributed by atoms with Crippen molar-refractivity contribution < 1.29 is 13.2 Å². The Bertz CT molecular complexity index is 1100. The highest BCUT2D eigenvalue weighted by Gasteiger charge is 2.22. The summed E-state index contributed by atoms with van der Waals surface area (Å²) in [7, 11) is -3.77. The normalized spacial score (nSPS) is 11.8. The van der Waals surface area contributed by atoms with Crippen LogP contribution in [0.2, 0.25) is 5.02 Å². The number of carbonyl (C=O) groups is 1. The molecule has 0 unspecified atom stereocenters. The van der Waals surface area contributed by atoms with Crippen LogP contribution in [0.15, 0.2) is 47.4 Å². The molecule has 0 spiro atoms. The van der Waals surface area contributed by atoms with Gasteiger partial charge in [-0.15, -0.1) is 11.3 Å². The van der Waals surface area contributed by atoms with Crippen LogP contribution in [0.3, 0.4) is 0 Å². The third kappa shape index (κ3) is 4.09. The summed E-state index contributed by atoms with van der Waals surface area (Å²) in [6.07, 6.45) is 1.61. The first-order chi connectivity index (χ1) is 12.8. The maximum atomic E-state index is 13.1. The van der Waals surface area contributed by atoms with Gasteiger partial charge in [0.15, 0.2) is 5.78 Å². The molecule has 0 fully saturated rings. The van der Waals surface area contributed by atoms with Crippen molar-refractivity contribution in [1.82, 2.24) is 4.72 Å². The average Bonchev–Trinajstić information content (AvgIpc) is 2.97. The van der Waals surface area contributed by atoms with Gasteiger partial charge < -0.3 is 0 Å². The van der Waals surface area contributed by atoms with Crippen molar-refractivity contribution in [2.75, 3.05) is 6.54 Å². The number of hydrogen-bond donors (Lipinski definition) is 1. The maximum absolute atomic E-state index is 13.1. The van der Waals surface area contributed by atoms with E-state index in [2.05, 4.69) is 4.72 Å². The van der Waals surface area contributed by atoms with Crippen LogP contribution in [0.25, 0.3) is 10.1 Å². The number of fused-ring (bicyclic) bond motifs is 1. The lowest BCUT2D eigenvalue weighted by molar-refractivity contribution is 0.104. The number of rotatable bonds is 7. The number of halogens is 1. The summed E-state index contributed by atoms with van der Waals surface area (Å²) in [6, 6.07) is 12.1. The number of thiophene rings is 1. The summed E-state index contributed by atoms with van der Waals surface area (Å²) in [5.41, 5.74) is 0.919. The topological polar surface area (TPSA) is 63.2 Å². The zero-order valence-electron chi connectivity index (χ0n) is 15.1. The number of benzene rings is 2. The van der Waals surface area contributed by atoms with Crippen molar-refractivity contribution in [2.24, 2.45) is 0 Å². The second kappa shape index (κ2) is 8.10. The molecule has 7 heteroatoms. The lowest BCUT2D eigenvalue weighted by Crippen LogP contribution is -2.25. The number of sulfonamides is 1. The van der Waals surface area contributed by atoms with Crippen LogP contribution in [0.5, 0.6) is 0 Å². The molecule has 0 aliphatic rings. The van der Waals surface area contributed by atoms with Crippen molar-refractivity contribution in [3.05, 3.63) is 63.5 Å². The van der Waals surface area contributed by atoms with E-state index >= 15 is 0 Å². The Kier molecular flexibility index (Phi) is 6.01. The SMILES string of the molecule is CCCCNS(=O)(=O)c1cc(C(=O)c2c(C)sc3ccccc23)ccc1Cl. The summed E-state index contributed by atoms with van der Waals surface area (Å²) >= 11 is 7.67. The molecule has 4 nitrogen and oxygen atoms in total. The van der Waals surface area contributed by atoms with E-state index in [1.54, 1.807) is 17.4 Å². The van der Waals surface area contributed by atoms with Crippen molar-refractivity contribution in [1.29, 1.82) is 0 Å². The fourth-order valence-corrected chi connectivity index (χ4v) is 5.56. The van der Waals surface area contributed by atoms with Gasteiger partial charge in [-0.05, 0) is 37.6 Å². The van der Waals surface area contributed by atoms with Crippen LogP contribution in [-0.4, -0.2) is 20.7 Å². The van der Waals surface area contributed by atoms with Crippen LogP contribution in [-0.2, 0) is 10.0 Å².